The van der Waals surface area contributed by atoms with Gasteiger partial charge >= 0.3 is 6.03 Å². The summed E-state index contributed by atoms with van der Waals surface area (Å²) >= 11 is 0. The highest BCUT2D eigenvalue weighted by molar-refractivity contribution is 5.91. The van der Waals surface area contributed by atoms with Gasteiger partial charge < -0.3 is 15.4 Å². The molecule has 0 aliphatic carbocycles. The van der Waals surface area contributed by atoms with Crippen molar-refractivity contribution in [2.24, 2.45) is 0 Å². The summed E-state index contributed by atoms with van der Waals surface area (Å²) in [6.45, 7) is 3.88. The van der Waals surface area contributed by atoms with Crippen molar-refractivity contribution < 1.29 is 13.9 Å². The summed E-state index contributed by atoms with van der Waals surface area (Å²) in [6, 6.07) is 12.3. The molecule has 2 amide bonds. The number of nitrogens with one attached hydrogen (secondary N) is 2. The molecule has 0 bridgehead atoms. The van der Waals surface area contributed by atoms with Crippen LogP contribution in [-0.4, -0.2) is 12.6 Å². The molecule has 2 aromatic rings. The van der Waals surface area contributed by atoms with Crippen molar-refractivity contribution in [3.8, 4) is 11.5 Å². The molecule has 2 N–H and O–H groups in total. The number of halogens is 1. The van der Waals surface area contributed by atoms with Crippen molar-refractivity contribution in [2.45, 2.75) is 0 Å². The molecule has 0 fully saturated rings. The number of hydrogen-bond acceptors (Lipinski definition) is 2. The number of carbonyl (C=O) groups is 1. The van der Waals surface area contributed by atoms with E-state index in [4.69, 9.17) is 4.74 Å². The number of carbonyl (C=O) groups excluding carboxylic acids is 1. The van der Waals surface area contributed by atoms with Gasteiger partial charge in [0.15, 0.2) is 5.75 Å². The van der Waals surface area contributed by atoms with Crippen LogP contribution in [-0.2, 0) is 0 Å². The molecule has 0 heterocycles. The number of amides is 2. The Morgan fingerprint density at radius 2 is 2.05 bits per heavy atom. The predicted octanol–water partition coefficient (Wildman–Crippen LogP) is 3.93. The number of benzene rings is 2. The number of rotatable bonds is 5. The quantitative estimate of drug-likeness (QED) is 0.818. The van der Waals surface area contributed by atoms with Gasteiger partial charge in [0, 0.05) is 12.6 Å². The third kappa shape index (κ3) is 4.35. The second kappa shape index (κ2) is 7.09. The summed E-state index contributed by atoms with van der Waals surface area (Å²) < 4.78 is 18.7. The fraction of sp³-hybridized carbons (Fsp3) is 0.0625. The lowest BCUT2D eigenvalue weighted by atomic mass is 10.3. The first kappa shape index (κ1) is 14.6. The Hall–Kier alpha value is -2.82. The molecule has 21 heavy (non-hydrogen) atoms. The van der Waals surface area contributed by atoms with Crippen LogP contribution in [0.25, 0.3) is 0 Å². The molecular weight excluding hydrogens is 271 g/mol. The van der Waals surface area contributed by atoms with E-state index in [0.717, 1.165) is 0 Å². The molecule has 0 radical (unpaired) electrons. The highest BCUT2D eigenvalue weighted by Crippen LogP contribution is 2.29. The van der Waals surface area contributed by atoms with Gasteiger partial charge in [0.1, 0.15) is 11.6 Å². The zero-order chi connectivity index (χ0) is 15.1. The summed E-state index contributed by atoms with van der Waals surface area (Å²) in [7, 11) is 0. The van der Waals surface area contributed by atoms with Gasteiger partial charge in [-0.1, -0.05) is 24.3 Å². The van der Waals surface area contributed by atoms with Gasteiger partial charge in [-0.25, -0.2) is 9.18 Å². The third-order valence-electron chi connectivity index (χ3n) is 2.57. The molecular formula is C16H15FN2O2. The Kier molecular flexibility index (Phi) is 4.93. The average Bonchev–Trinajstić information content (AvgIpc) is 2.47. The van der Waals surface area contributed by atoms with Gasteiger partial charge in [-0.05, 0) is 24.3 Å². The molecule has 0 aliphatic rings. The van der Waals surface area contributed by atoms with E-state index >= 15 is 0 Å². The molecule has 4 nitrogen and oxygen atoms in total. The number of anilines is 1. The first-order chi connectivity index (χ1) is 10.2. The molecule has 2 rings (SSSR count). The zero-order valence-electron chi connectivity index (χ0n) is 11.3. The van der Waals surface area contributed by atoms with Crippen LogP contribution in [0.15, 0.2) is 61.2 Å². The monoisotopic (exact) mass is 286 g/mol. The van der Waals surface area contributed by atoms with E-state index in [2.05, 4.69) is 17.2 Å². The molecule has 0 unspecified atom stereocenters. The van der Waals surface area contributed by atoms with Crippen molar-refractivity contribution >= 4 is 11.7 Å². The fourth-order valence-electron chi connectivity index (χ4n) is 1.65. The number of urea groups is 1. The maximum atomic E-state index is 13.2. The lowest BCUT2D eigenvalue weighted by Crippen LogP contribution is -2.28. The highest BCUT2D eigenvalue weighted by Gasteiger charge is 2.08. The lowest BCUT2D eigenvalue weighted by Gasteiger charge is -2.12. The van der Waals surface area contributed by atoms with Gasteiger partial charge in [0.05, 0.1) is 5.69 Å². The van der Waals surface area contributed by atoms with E-state index in [9.17, 15) is 9.18 Å². The van der Waals surface area contributed by atoms with Crippen LogP contribution < -0.4 is 15.4 Å². The maximum absolute atomic E-state index is 13.2. The van der Waals surface area contributed by atoms with E-state index < -0.39 is 0 Å². The molecule has 0 spiro atoms. The van der Waals surface area contributed by atoms with Crippen LogP contribution in [0.5, 0.6) is 11.5 Å². The Labute approximate surface area is 122 Å². The van der Waals surface area contributed by atoms with Gasteiger partial charge in [0.25, 0.3) is 0 Å². The largest absolute Gasteiger partial charge is 0.455 e. The van der Waals surface area contributed by atoms with Crippen molar-refractivity contribution in [1.29, 1.82) is 0 Å². The van der Waals surface area contributed by atoms with Crippen molar-refractivity contribution in [2.75, 3.05) is 11.9 Å². The Morgan fingerprint density at radius 3 is 2.81 bits per heavy atom. The molecule has 0 saturated heterocycles. The summed E-state index contributed by atoms with van der Waals surface area (Å²) in [5, 5.41) is 5.26. The van der Waals surface area contributed by atoms with Crippen molar-refractivity contribution in [1.82, 2.24) is 5.32 Å². The highest BCUT2D eigenvalue weighted by atomic mass is 19.1. The van der Waals surface area contributed by atoms with E-state index in [0.29, 0.717) is 23.7 Å². The molecule has 2 aromatic carbocycles. The Bertz CT molecular complexity index is 644. The second-order valence-corrected chi connectivity index (χ2v) is 4.18. The minimum atomic E-state index is -0.387. The van der Waals surface area contributed by atoms with Gasteiger partial charge in [0.2, 0.25) is 0 Å². The Balaban J connectivity index is 2.13. The van der Waals surface area contributed by atoms with Crippen LogP contribution in [0.4, 0.5) is 14.9 Å². The Morgan fingerprint density at radius 1 is 1.24 bits per heavy atom. The van der Waals surface area contributed by atoms with Gasteiger partial charge in [-0.15, -0.1) is 6.58 Å². The van der Waals surface area contributed by atoms with Gasteiger partial charge in [-0.2, -0.15) is 0 Å². The topological polar surface area (TPSA) is 50.4 Å². The molecule has 0 atom stereocenters. The summed E-state index contributed by atoms with van der Waals surface area (Å²) in [4.78, 5) is 11.6. The molecule has 108 valence electrons. The molecule has 5 heteroatoms. The van der Waals surface area contributed by atoms with Crippen LogP contribution >= 0.6 is 0 Å². The van der Waals surface area contributed by atoms with E-state index in [1.54, 1.807) is 42.5 Å². The van der Waals surface area contributed by atoms with Crippen LogP contribution in [0, 0.1) is 5.82 Å². The molecule has 0 saturated carbocycles. The minimum absolute atomic E-state index is 0.357. The van der Waals surface area contributed by atoms with Crippen LogP contribution in [0.3, 0.4) is 0 Å². The van der Waals surface area contributed by atoms with E-state index in [1.165, 1.54) is 12.1 Å². The van der Waals surface area contributed by atoms with E-state index in [1.807, 2.05) is 0 Å². The van der Waals surface area contributed by atoms with Crippen molar-refractivity contribution in [3.63, 3.8) is 0 Å². The lowest BCUT2D eigenvalue weighted by molar-refractivity contribution is 0.253. The van der Waals surface area contributed by atoms with Gasteiger partial charge in [-0.3, -0.25) is 0 Å². The second-order valence-electron chi connectivity index (χ2n) is 4.18. The number of ether oxygens (including phenoxy) is 1. The normalized spacial score (nSPS) is 9.76. The number of hydrogen-bond donors (Lipinski definition) is 2. The zero-order valence-corrected chi connectivity index (χ0v) is 11.3. The summed E-state index contributed by atoms with van der Waals surface area (Å²) in [5.74, 6) is 0.397. The summed E-state index contributed by atoms with van der Waals surface area (Å²) in [6.07, 6.45) is 1.58. The predicted molar refractivity (Wildman–Crippen MR) is 80.1 cm³/mol. The SMILES string of the molecule is C=CCNC(=O)Nc1ccccc1Oc1cccc(F)c1. The van der Waals surface area contributed by atoms with Crippen molar-refractivity contribution in [3.05, 3.63) is 67.0 Å². The summed E-state index contributed by atoms with van der Waals surface area (Å²) in [5.41, 5.74) is 0.489. The fourth-order valence-corrected chi connectivity index (χ4v) is 1.65. The third-order valence-corrected chi connectivity index (χ3v) is 2.57. The van der Waals surface area contributed by atoms with E-state index in [-0.39, 0.29) is 11.8 Å². The molecule has 0 aliphatic heterocycles. The average molecular weight is 286 g/mol. The smallest absolute Gasteiger partial charge is 0.319 e. The molecule has 0 aromatic heterocycles. The maximum Gasteiger partial charge on any atom is 0.319 e. The standard InChI is InChI=1S/C16H15FN2O2/c1-2-10-18-16(20)19-14-8-3-4-9-15(14)21-13-7-5-6-12(17)11-13/h2-9,11H,1,10H2,(H2,18,19,20). The number of para-hydroxylation sites is 2. The van der Waals surface area contributed by atoms with Crippen LogP contribution in [0.1, 0.15) is 0 Å². The first-order valence-corrected chi connectivity index (χ1v) is 6.37. The minimum Gasteiger partial charge on any atom is -0.455 e. The van der Waals surface area contributed by atoms with Crippen LogP contribution in [0.2, 0.25) is 0 Å². The first-order valence-electron chi connectivity index (χ1n) is 6.37.